The Hall–Kier alpha value is -0.0800. The fourth-order valence-electron chi connectivity index (χ4n) is 1.25. The fraction of sp³-hybridized carbons (Fsp3) is 1.00. The van der Waals surface area contributed by atoms with E-state index in [0.717, 1.165) is 12.8 Å². The van der Waals surface area contributed by atoms with Gasteiger partial charge in [0.15, 0.2) is 0 Å². The summed E-state index contributed by atoms with van der Waals surface area (Å²) in [6.07, 6.45) is 1.82. The van der Waals surface area contributed by atoms with Crippen molar-refractivity contribution in [3.8, 4) is 0 Å². The van der Waals surface area contributed by atoms with Crippen molar-refractivity contribution in [1.29, 1.82) is 0 Å². The average molecular weight is 173 g/mol. The first kappa shape index (κ1) is 11.9. The van der Waals surface area contributed by atoms with E-state index in [9.17, 15) is 5.11 Å². The molecule has 0 aromatic heterocycles. The monoisotopic (exact) mass is 173 g/mol. The minimum Gasteiger partial charge on any atom is -0.389 e. The summed E-state index contributed by atoms with van der Waals surface area (Å²) in [5.41, 5.74) is 5.12. The summed E-state index contributed by atoms with van der Waals surface area (Å²) < 4.78 is 0. The molecule has 0 aliphatic carbocycles. The minimum atomic E-state index is -0.737. The Morgan fingerprint density at radius 3 is 2.00 bits per heavy atom. The Kier molecular flexibility index (Phi) is 3.73. The molecule has 0 amide bonds. The summed E-state index contributed by atoms with van der Waals surface area (Å²) in [5, 5.41) is 9.93. The first-order chi connectivity index (χ1) is 5.21. The number of hydrogen-bond donors (Lipinski definition) is 2. The van der Waals surface area contributed by atoms with Gasteiger partial charge in [-0.25, -0.2) is 0 Å². The zero-order chi connectivity index (χ0) is 9.99. The van der Waals surface area contributed by atoms with E-state index in [4.69, 9.17) is 5.73 Å². The van der Waals surface area contributed by atoms with Crippen molar-refractivity contribution >= 4 is 0 Å². The van der Waals surface area contributed by atoms with Crippen molar-refractivity contribution in [2.75, 3.05) is 0 Å². The second kappa shape index (κ2) is 3.75. The van der Waals surface area contributed by atoms with Gasteiger partial charge in [-0.3, -0.25) is 0 Å². The third-order valence-electron chi connectivity index (χ3n) is 2.77. The molecule has 0 aliphatic rings. The Balaban J connectivity index is 4.23. The third-order valence-corrected chi connectivity index (χ3v) is 2.77. The van der Waals surface area contributed by atoms with Crippen molar-refractivity contribution in [3.05, 3.63) is 0 Å². The molecule has 12 heavy (non-hydrogen) atoms. The van der Waals surface area contributed by atoms with Crippen molar-refractivity contribution in [3.63, 3.8) is 0 Å². The molecule has 0 radical (unpaired) electrons. The highest BCUT2D eigenvalue weighted by Gasteiger charge is 2.32. The maximum atomic E-state index is 9.93. The number of hydrogen-bond acceptors (Lipinski definition) is 2. The Morgan fingerprint density at radius 2 is 1.75 bits per heavy atom. The lowest BCUT2D eigenvalue weighted by molar-refractivity contribution is -0.00425. The van der Waals surface area contributed by atoms with E-state index < -0.39 is 5.60 Å². The van der Waals surface area contributed by atoms with Gasteiger partial charge in [-0.1, -0.05) is 27.2 Å². The van der Waals surface area contributed by atoms with E-state index in [-0.39, 0.29) is 11.5 Å². The largest absolute Gasteiger partial charge is 0.389 e. The van der Waals surface area contributed by atoms with Crippen molar-refractivity contribution in [2.24, 2.45) is 11.1 Å². The molecule has 0 heterocycles. The molecule has 0 saturated carbocycles. The summed E-state index contributed by atoms with van der Waals surface area (Å²) in [6, 6.07) is -0.164. The summed E-state index contributed by atoms with van der Waals surface area (Å²) in [6.45, 7) is 10.1. The summed E-state index contributed by atoms with van der Waals surface area (Å²) in [7, 11) is 0. The molecule has 0 aliphatic heterocycles. The number of rotatable bonds is 4. The molecule has 0 aromatic carbocycles. The lowest BCUT2D eigenvalue weighted by atomic mass is 9.77. The molecule has 3 N–H and O–H groups in total. The zero-order valence-electron chi connectivity index (χ0n) is 9.02. The first-order valence-corrected chi connectivity index (χ1v) is 4.69. The van der Waals surface area contributed by atoms with Crippen LogP contribution < -0.4 is 5.73 Å². The smallest absolute Gasteiger partial charge is 0.0772 e. The molecular formula is C10H23NO. The Labute approximate surface area is 76.2 Å². The van der Waals surface area contributed by atoms with Crippen molar-refractivity contribution in [1.82, 2.24) is 0 Å². The highest BCUT2D eigenvalue weighted by atomic mass is 16.3. The number of nitrogens with two attached hydrogens (primary N) is 1. The van der Waals surface area contributed by atoms with Crippen LogP contribution in [-0.4, -0.2) is 16.7 Å². The Bertz CT molecular complexity index is 139. The minimum absolute atomic E-state index is 0.164. The van der Waals surface area contributed by atoms with Crippen LogP contribution in [0.5, 0.6) is 0 Å². The van der Waals surface area contributed by atoms with Crippen LogP contribution >= 0.6 is 0 Å². The molecule has 2 unspecified atom stereocenters. The zero-order valence-corrected chi connectivity index (χ0v) is 9.02. The highest BCUT2D eigenvalue weighted by Crippen LogP contribution is 2.32. The number of aliphatic hydroxyl groups is 1. The second-order valence-corrected chi connectivity index (χ2v) is 4.84. The lowest BCUT2D eigenvalue weighted by Crippen LogP contribution is -2.46. The van der Waals surface area contributed by atoms with Gasteiger partial charge >= 0.3 is 0 Å². The molecule has 2 nitrogen and oxygen atoms in total. The molecule has 0 fully saturated rings. The van der Waals surface area contributed by atoms with Crippen LogP contribution in [0, 0.1) is 5.41 Å². The molecule has 2 atom stereocenters. The van der Waals surface area contributed by atoms with Gasteiger partial charge in [-0.2, -0.15) is 0 Å². The van der Waals surface area contributed by atoms with Crippen LogP contribution in [0.1, 0.15) is 47.5 Å². The van der Waals surface area contributed by atoms with Crippen molar-refractivity contribution < 1.29 is 5.11 Å². The van der Waals surface area contributed by atoms with Crippen LogP contribution in [0.25, 0.3) is 0 Å². The van der Waals surface area contributed by atoms with Gasteiger partial charge < -0.3 is 10.8 Å². The first-order valence-electron chi connectivity index (χ1n) is 4.69. The second-order valence-electron chi connectivity index (χ2n) is 4.84. The molecule has 2 heteroatoms. The summed E-state index contributed by atoms with van der Waals surface area (Å²) >= 11 is 0. The predicted octanol–water partition coefficient (Wildman–Crippen LogP) is 1.91. The molecule has 0 aromatic rings. The maximum absolute atomic E-state index is 9.93. The van der Waals surface area contributed by atoms with E-state index in [1.54, 1.807) is 0 Å². The van der Waals surface area contributed by atoms with Crippen LogP contribution in [0.2, 0.25) is 0 Å². The highest BCUT2D eigenvalue weighted by molar-refractivity contribution is 4.87. The predicted molar refractivity (Wildman–Crippen MR) is 53.0 cm³/mol. The average Bonchev–Trinajstić information content (AvgIpc) is 1.85. The van der Waals surface area contributed by atoms with Gasteiger partial charge in [0.1, 0.15) is 0 Å². The van der Waals surface area contributed by atoms with E-state index in [1.807, 2.05) is 13.8 Å². The summed E-state index contributed by atoms with van der Waals surface area (Å²) in [5.74, 6) is 0. The molecule has 0 saturated heterocycles. The normalized spacial score (nSPS) is 20.2. The topological polar surface area (TPSA) is 46.2 Å². The Morgan fingerprint density at radius 1 is 1.33 bits per heavy atom. The van der Waals surface area contributed by atoms with Crippen LogP contribution in [0.3, 0.4) is 0 Å². The van der Waals surface area contributed by atoms with Crippen LogP contribution in [-0.2, 0) is 0 Å². The lowest BCUT2D eigenvalue weighted by Gasteiger charge is -2.35. The quantitative estimate of drug-likeness (QED) is 0.682. The van der Waals surface area contributed by atoms with Gasteiger partial charge in [0.25, 0.3) is 0 Å². The van der Waals surface area contributed by atoms with Gasteiger partial charge in [0, 0.05) is 6.04 Å². The van der Waals surface area contributed by atoms with Crippen LogP contribution in [0.4, 0.5) is 0 Å². The molecular weight excluding hydrogens is 150 g/mol. The summed E-state index contributed by atoms with van der Waals surface area (Å²) in [4.78, 5) is 0. The molecule has 0 spiro atoms. The third kappa shape index (κ3) is 3.55. The van der Waals surface area contributed by atoms with E-state index in [2.05, 4.69) is 20.8 Å². The molecule has 74 valence electrons. The van der Waals surface area contributed by atoms with Crippen LogP contribution in [0.15, 0.2) is 0 Å². The van der Waals surface area contributed by atoms with Crippen molar-refractivity contribution in [2.45, 2.75) is 59.1 Å². The standard InChI is InChI=1S/C10H23NO/c1-6-9(3,4)7-10(5,12)8(2)11/h8,12H,6-7,11H2,1-5H3. The SMILES string of the molecule is CCC(C)(C)CC(C)(O)C(C)N. The fourth-order valence-corrected chi connectivity index (χ4v) is 1.25. The van der Waals surface area contributed by atoms with Gasteiger partial charge in [0.2, 0.25) is 0 Å². The maximum Gasteiger partial charge on any atom is 0.0772 e. The van der Waals surface area contributed by atoms with E-state index in [1.165, 1.54) is 0 Å². The van der Waals surface area contributed by atoms with Gasteiger partial charge in [0.05, 0.1) is 5.60 Å². The van der Waals surface area contributed by atoms with Gasteiger partial charge in [-0.15, -0.1) is 0 Å². The molecule has 0 bridgehead atoms. The van der Waals surface area contributed by atoms with E-state index in [0.29, 0.717) is 0 Å². The molecule has 0 rings (SSSR count). The van der Waals surface area contributed by atoms with E-state index >= 15 is 0 Å². The van der Waals surface area contributed by atoms with Gasteiger partial charge in [-0.05, 0) is 25.7 Å².